The molecule has 3 aliphatic rings. The van der Waals surface area contributed by atoms with Gasteiger partial charge < -0.3 is 54.2 Å². The minimum absolute atomic E-state index is 0.0504. The topological polar surface area (TPSA) is 161 Å². The van der Waals surface area contributed by atoms with Crippen molar-refractivity contribution >= 4 is 6.02 Å². The van der Waals surface area contributed by atoms with E-state index in [-0.39, 0.29) is 32.4 Å². The minimum Gasteiger partial charge on any atom is -0.457 e. The predicted octanol–water partition coefficient (Wildman–Crippen LogP) is 2.86. The van der Waals surface area contributed by atoms with E-state index in [0.29, 0.717) is 6.61 Å². The van der Waals surface area contributed by atoms with Crippen molar-refractivity contribution in [3.8, 4) is 0 Å². The maximum absolute atomic E-state index is 11.1. The Morgan fingerprint density at radius 2 is 1.11 bits per heavy atom. The summed E-state index contributed by atoms with van der Waals surface area (Å²) in [7, 11) is 0. The van der Waals surface area contributed by atoms with Crippen molar-refractivity contribution in [2.75, 3.05) is 13.2 Å². The summed E-state index contributed by atoms with van der Waals surface area (Å²) in [5.74, 6) is 0. The molecule has 280 valence electrons. The minimum atomic E-state index is -2.10. The number of aliphatic imine (C=N–C) groups is 1. The molecular formula is C41H46N2O10. The standard InChI is InChI=1S/C41H46N2O10/c44-26-41(47)37-34(32(45)38(41)46)53-40(42-37)43-39-36(51-24-30-19-11-4-12-20-30)35(50-23-29-17-9-3-10-18-29)33(49-22-28-15-7-2-8-16-28)31(52-39)25-48-21-27-13-5-1-6-14-27/h1-20,31-39,44-47H,21-26H2,(H,42,43)/t31-,32-,33-,34-,35+,36-,37-,38-,39+,41+/m1/s1. The first kappa shape index (κ1) is 37.1. The third-order valence-corrected chi connectivity index (χ3v) is 9.90. The van der Waals surface area contributed by atoms with Crippen molar-refractivity contribution in [3.05, 3.63) is 144 Å². The number of amidine groups is 1. The van der Waals surface area contributed by atoms with Crippen molar-refractivity contribution in [2.24, 2.45) is 4.99 Å². The molecule has 4 aromatic carbocycles. The summed E-state index contributed by atoms with van der Waals surface area (Å²) in [4.78, 5) is 4.48. The van der Waals surface area contributed by atoms with Gasteiger partial charge in [0.2, 0.25) is 0 Å². The zero-order valence-electron chi connectivity index (χ0n) is 29.2. The molecule has 1 saturated carbocycles. The SMILES string of the molecule is OC[C@@]1(O)[C@H](O)[C@H](O)[C@H]2OC(N[C@H]3O[C@H](COCc4ccccc4)[C@@H](OCc4ccccc4)[C@H](OCc4ccccc4)[C@H]3OCc3ccccc3)=N[C@H]21. The Labute approximate surface area is 308 Å². The van der Waals surface area contributed by atoms with Crippen LogP contribution >= 0.6 is 0 Å². The lowest BCUT2D eigenvalue weighted by atomic mass is 9.96. The Morgan fingerprint density at radius 3 is 1.62 bits per heavy atom. The average molecular weight is 727 g/mol. The van der Waals surface area contributed by atoms with Crippen LogP contribution in [0.4, 0.5) is 0 Å². The van der Waals surface area contributed by atoms with E-state index in [1.54, 1.807) is 0 Å². The fourth-order valence-electron chi connectivity index (χ4n) is 7.01. The molecule has 0 radical (unpaired) electrons. The van der Waals surface area contributed by atoms with Gasteiger partial charge in [-0.15, -0.1) is 0 Å². The number of aliphatic hydroxyl groups is 4. The summed E-state index contributed by atoms with van der Waals surface area (Å²) in [6.45, 7) is 0.390. The van der Waals surface area contributed by atoms with Gasteiger partial charge in [0.15, 0.2) is 12.3 Å². The zero-order chi connectivity index (χ0) is 36.6. The quantitative estimate of drug-likeness (QED) is 0.123. The van der Waals surface area contributed by atoms with Crippen LogP contribution in [0.3, 0.4) is 0 Å². The molecule has 2 fully saturated rings. The largest absolute Gasteiger partial charge is 0.457 e. The van der Waals surface area contributed by atoms with Crippen LogP contribution in [0.5, 0.6) is 0 Å². The number of hydrogen-bond donors (Lipinski definition) is 5. The first-order chi connectivity index (χ1) is 25.9. The molecular weight excluding hydrogens is 680 g/mol. The lowest BCUT2D eigenvalue weighted by Crippen LogP contribution is -2.65. The molecule has 2 heterocycles. The van der Waals surface area contributed by atoms with Crippen LogP contribution in [0.25, 0.3) is 0 Å². The molecule has 0 aromatic heterocycles. The number of ether oxygens (including phenoxy) is 6. The Bertz CT molecular complexity index is 1740. The van der Waals surface area contributed by atoms with Crippen molar-refractivity contribution in [1.29, 1.82) is 0 Å². The van der Waals surface area contributed by atoms with E-state index in [4.69, 9.17) is 28.4 Å². The second-order valence-electron chi connectivity index (χ2n) is 13.6. The monoisotopic (exact) mass is 726 g/mol. The number of rotatable bonds is 15. The molecule has 12 heteroatoms. The molecule has 0 amide bonds. The number of aliphatic hydroxyl groups excluding tert-OH is 3. The van der Waals surface area contributed by atoms with Crippen LogP contribution in [-0.2, 0) is 54.8 Å². The molecule has 53 heavy (non-hydrogen) atoms. The van der Waals surface area contributed by atoms with Gasteiger partial charge in [-0.25, -0.2) is 4.99 Å². The van der Waals surface area contributed by atoms with E-state index in [9.17, 15) is 20.4 Å². The number of nitrogens with zero attached hydrogens (tertiary/aromatic N) is 1. The Balaban J connectivity index is 1.21. The van der Waals surface area contributed by atoms with E-state index < -0.39 is 67.2 Å². The van der Waals surface area contributed by atoms with Crippen LogP contribution in [-0.4, -0.2) is 100 Å². The van der Waals surface area contributed by atoms with Crippen LogP contribution in [0.1, 0.15) is 22.3 Å². The van der Waals surface area contributed by atoms with Crippen LogP contribution in [0.15, 0.2) is 126 Å². The second kappa shape index (κ2) is 17.3. The van der Waals surface area contributed by atoms with Crippen molar-refractivity contribution in [2.45, 2.75) is 87.0 Å². The Hall–Kier alpha value is -4.21. The smallest absolute Gasteiger partial charge is 0.287 e. The molecule has 5 N–H and O–H groups in total. The molecule has 4 aromatic rings. The highest BCUT2D eigenvalue weighted by molar-refractivity contribution is 5.76. The van der Waals surface area contributed by atoms with Crippen molar-refractivity contribution in [3.63, 3.8) is 0 Å². The normalized spacial score (nSPS) is 30.7. The molecule has 0 spiro atoms. The van der Waals surface area contributed by atoms with Crippen LogP contribution in [0, 0.1) is 0 Å². The van der Waals surface area contributed by atoms with E-state index in [1.807, 2.05) is 121 Å². The maximum atomic E-state index is 11.1. The molecule has 0 unspecified atom stereocenters. The predicted molar refractivity (Wildman–Crippen MR) is 193 cm³/mol. The summed E-state index contributed by atoms with van der Waals surface area (Å²) in [6, 6.07) is 38.0. The lowest BCUT2D eigenvalue weighted by molar-refractivity contribution is -0.276. The average Bonchev–Trinajstić information content (AvgIpc) is 3.70. The van der Waals surface area contributed by atoms with Gasteiger partial charge in [0, 0.05) is 0 Å². The molecule has 1 saturated heterocycles. The summed E-state index contributed by atoms with van der Waals surface area (Å²) < 4.78 is 39.1. The van der Waals surface area contributed by atoms with Gasteiger partial charge in [-0.1, -0.05) is 121 Å². The molecule has 2 aliphatic heterocycles. The first-order valence-electron chi connectivity index (χ1n) is 17.9. The highest BCUT2D eigenvalue weighted by atomic mass is 16.6. The highest BCUT2D eigenvalue weighted by Gasteiger charge is 2.63. The van der Waals surface area contributed by atoms with E-state index >= 15 is 0 Å². The third-order valence-electron chi connectivity index (χ3n) is 9.90. The van der Waals surface area contributed by atoms with Crippen molar-refractivity contribution in [1.82, 2.24) is 5.32 Å². The van der Waals surface area contributed by atoms with Gasteiger partial charge >= 0.3 is 0 Å². The van der Waals surface area contributed by atoms with E-state index in [0.717, 1.165) is 22.3 Å². The molecule has 12 nitrogen and oxygen atoms in total. The van der Waals surface area contributed by atoms with Crippen molar-refractivity contribution < 1.29 is 48.8 Å². The van der Waals surface area contributed by atoms with Crippen LogP contribution in [0.2, 0.25) is 0 Å². The zero-order valence-corrected chi connectivity index (χ0v) is 29.2. The Morgan fingerprint density at radius 1 is 0.642 bits per heavy atom. The molecule has 0 bridgehead atoms. The van der Waals surface area contributed by atoms with Gasteiger partial charge in [0.1, 0.15) is 48.3 Å². The molecule has 1 aliphatic carbocycles. The van der Waals surface area contributed by atoms with Gasteiger partial charge in [-0.05, 0) is 22.3 Å². The summed E-state index contributed by atoms with van der Waals surface area (Å²) in [5, 5.41) is 45.4. The molecule has 7 rings (SSSR count). The number of hydrogen-bond acceptors (Lipinski definition) is 12. The van der Waals surface area contributed by atoms with Gasteiger partial charge in [-0.2, -0.15) is 0 Å². The Kier molecular flexibility index (Phi) is 12.1. The fraction of sp³-hybridized carbons (Fsp3) is 0.390. The highest BCUT2D eigenvalue weighted by Crippen LogP contribution is 2.39. The number of fused-ring (bicyclic) bond motifs is 1. The van der Waals surface area contributed by atoms with E-state index in [2.05, 4.69) is 10.3 Å². The number of nitrogens with one attached hydrogen (secondary N) is 1. The maximum Gasteiger partial charge on any atom is 0.287 e. The summed E-state index contributed by atoms with van der Waals surface area (Å²) in [6.07, 6.45) is -8.08. The van der Waals surface area contributed by atoms with Gasteiger partial charge in [-0.3, -0.25) is 0 Å². The second-order valence-corrected chi connectivity index (χ2v) is 13.6. The van der Waals surface area contributed by atoms with E-state index in [1.165, 1.54) is 0 Å². The first-order valence-corrected chi connectivity index (χ1v) is 17.9. The van der Waals surface area contributed by atoms with Gasteiger partial charge in [0.25, 0.3) is 6.02 Å². The fourth-order valence-corrected chi connectivity index (χ4v) is 7.01. The summed E-state index contributed by atoms with van der Waals surface area (Å²) >= 11 is 0. The van der Waals surface area contributed by atoms with Crippen LogP contribution < -0.4 is 5.32 Å². The molecule has 10 atom stereocenters. The lowest BCUT2D eigenvalue weighted by Gasteiger charge is -2.46. The third kappa shape index (κ3) is 8.62. The van der Waals surface area contributed by atoms with Gasteiger partial charge in [0.05, 0.1) is 39.6 Å². The number of benzene rings is 4. The summed E-state index contributed by atoms with van der Waals surface area (Å²) in [5.41, 5.74) is 1.75.